The van der Waals surface area contributed by atoms with Crippen LogP contribution in [0.3, 0.4) is 0 Å². The molecular formula is C28H31N3O6S. The Bertz CT molecular complexity index is 1510. The van der Waals surface area contributed by atoms with Crippen molar-refractivity contribution in [1.29, 1.82) is 0 Å². The number of para-hydroxylation sites is 2. The van der Waals surface area contributed by atoms with Gasteiger partial charge in [0.25, 0.3) is 10.0 Å². The van der Waals surface area contributed by atoms with Gasteiger partial charge in [-0.25, -0.2) is 8.42 Å². The van der Waals surface area contributed by atoms with E-state index in [0.717, 1.165) is 9.87 Å². The van der Waals surface area contributed by atoms with Crippen molar-refractivity contribution in [3.63, 3.8) is 0 Å². The maximum absolute atomic E-state index is 14.2. The first-order valence-corrected chi connectivity index (χ1v) is 13.5. The molecule has 3 aromatic rings. The Morgan fingerprint density at radius 2 is 1.66 bits per heavy atom. The summed E-state index contributed by atoms with van der Waals surface area (Å²) in [6.07, 6.45) is -0.419. The Kier molecular flexibility index (Phi) is 7.37. The van der Waals surface area contributed by atoms with Crippen LogP contribution in [-0.4, -0.2) is 40.5 Å². The lowest BCUT2D eigenvalue weighted by molar-refractivity contribution is -0.122. The van der Waals surface area contributed by atoms with Crippen LogP contribution in [0.1, 0.15) is 28.7 Å². The average molecular weight is 538 g/mol. The molecule has 1 aliphatic rings. The topological polar surface area (TPSA) is 114 Å². The Labute approximate surface area is 222 Å². The SMILES string of the molecule is COc1ccc(NC(=O)CC2C(=O)Nc3ccccc3N2S(=O)(=O)c2c(C)cc(C)cc2C)c(OC)c1C. The van der Waals surface area contributed by atoms with Gasteiger partial charge in [0.15, 0.2) is 0 Å². The fraction of sp³-hybridized carbons (Fsp3) is 0.286. The van der Waals surface area contributed by atoms with Crippen molar-refractivity contribution >= 4 is 38.9 Å². The molecule has 0 aromatic heterocycles. The first-order valence-electron chi connectivity index (χ1n) is 12.0. The zero-order valence-corrected chi connectivity index (χ0v) is 23.0. The predicted octanol–water partition coefficient (Wildman–Crippen LogP) is 4.48. The fourth-order valence-electron chi connectivity index (χ4n) is 5.04. The van der Waals surface area contributed by atoms with Crippen molar-refractivity contribution in [1.82, 2.24) is 0 Å². The Hall–Kier alpha value is -4.05. The number of carbonyl (C=O) groups is 2. The maximum atomic E-state index is 14.2. The van der Waals surface area contributed by atoms with Gasteiger partial charge in [-0.05, 0) is 63.1 Å². The second kappa shape index (κ2) is 10.4. The van der Waals surface area contributed by atoms with Crippen LogP contribution in [0, 0.1) is 27.7 Å². The summed E-state index contributed by atoms with van der Waals surface area (Å²) in [5.41, 5.74) is 3.77. The molecule has 2 amide bonds. The molecule has 0 saturated carbocycles. The molecule has 1 aliphatic heterocycles. The molecule has 9 nitrogen and oxygen atoms in total. The highest BCUT2D eigenvalue weighted by molar-refractivity contribution is 7.93. The molecule has 38 heavy (non-hydrogen) atoms. The van der Waals surface area contributed by atoms with E-state index in [-0.39, 0.29) is 4.90 Å². The Balaban J connectivity index is 1.76. The number of fused-ring (bicyclic) bond motifs is 1. The second-order valence-electron chi connectivity index (χ2n) is 9.28. The van der Waals surface area contributed by atoms with Gasteiger partial charge in [0.1, 0.15) is 17.5 Å². The quantitative estimate of drug-likeness (QED) is 0.459. The number of rotatable bonds is 7. The van der Waals surface area contributed by atoms with Gasteiger partial charge in [-0.15, -0.1) is 0 Å². The van der Waals surface area contributed by atoms with Crippen molar-refractivity contribution in [3.05, 3.63) is 70.8 Å². The van der Waals surface area contributed by atoms with E-state index in [0.29, 0.717) is 45.3 Å². The van der Waals surface area contributed by atoms with Crippen LogP contribution in [0.2, 0.25) is 0 Å². The normalized spacial score (nSPS) is 14.9. The summed E-state index contributed by atoms with van der Waals surface area (Å²) >= 11 is 0. The van der Waals surface area contributed by atoms with Crippen LogP contribution < -0.4 is 24.4 Å². The van der Waals surface area contributed by atoms with Crippen molar-refractivity contribution in [2.75, 3.05) is 29.2 Å². The smallest absolute Gasteiger partial charge is 0.265 e. The van der Waals surface area contributed by atoms with E-state index in [2.05, 4.69) is 10.6 Å². The summed E-state index contributed by atoms with van der Waals surface area (Å²) in [6.45, 7) is 7.13. The number of amides is 2. The van der Waals surface area contributed by atoms with Crippen LogP contribution in [0.15, 0.2) is 53.4 Å². The highest BCUT2D eigenvalue weighted by Crippen LogP contribution is 2.39. The van der Waals surface area contributed by atoms with Gasteiger partial charge in [-0.3, -0.25) is 13.9 Å². The highest BCUT2D eigenvalue weighted by Gasteiger charge is 2.43. The largest absolute Gasteiger partial charge is 0.496 e. The molecule has 0 spiro atoms. The van der Waals surface area contributed by atoms with Gasteiger partial charge in [-0.1, -0.05) is 29.8 Å². The summed E-state index contributed by atoms with van der Waals surface area (Å²) in [6, 6.07) is 12.2. The third kappa shape index (κ3) is 4.79. The zero-order chi connectivity index (χ0) is 27.8. The third-order valence-electron chi connectivity index (χ3n) is 6.54. The van der Waals surface area contributed by atoms with E-state index >= 15 is 0 Å². The molecule has 3 aromatic carbocycles. The minimum Gasteiger partial charge on any atom is -0.496 e. The van der Waals surface area contributed by atoms with Crippen LogP contribution in [0.5, 0.6) is 11.5 Å². The summed E-state index contributed by atoms with van der Waals surface area (Å²) in [5.74, 6) is -0.150. The van der Waals surface area contributed by atoms with Crippen LogP contribution in [0.25, 0.3) is 0 Å². The molecule has 1 heterocycles. The number of hydrogen-bond donors (Lipinski definition) is 2. The number of nitrogens with one attached hydrogen (secondary N) is 2. The number of methoxy groups -OCH3 is 2. The molecule has 0 saturated heterocycles. The zero-order valence-electron chi connectivity index (χ0n) is 22.2. The second-order valence-corrected chi connectivity index (χ2v) is 11.0. The van der Waals surface area contributed by atoms with Crippen LogP contribution in [-0.2, 0) is 19.6 Å². The van der Waals surface area contributed by atoms with Gasteiger partial charge >= 0.3 is 0 Å². The Morgan fingerprint density at radius 3 is 2.29 bits per heavy atom. The number of sulfonamides is 1. The summed E-state index contributed by atoms with van der Waals surface area (Å²) in [7, 11) is -1.22. The van der Waals surface area contributed by atoms with Crippen molar-refractivity contribution in [3.8, 4) is 11.5 Å². The first-order chi connectivity index (χ1) is 18.0. The van der Waals surface area contributed by atoms with E-state index in [4.69, 9.17) is 9.47 Å². The number of carbonyl (C=O) groups excluding carboxylic acids is 2. The number of benzene rings is 3. The molecule has 1 atom stereocenters. The molecule has 2 N–H and O–H groups in total. The molecule has 0 radical (unpaired) electrons. The van der Waals surface area contributed by atoms with Crippen molar-refractivity contribution < 1.29 is 27.5 Å². The third-order valence-corrected chi connectivity index (χ3v) is 8.67. The van der Waals surface area contributed by atoms with E-state index < -0.39 is 34.3 Å². The first kappa shape index (κ1) is 27.0. The average Bonchev–Trinajstić information content (AvgIpc) is 2.83. The number of hydrogen-bond acceptors (Lipinski definition) is 6. The lowest BCUT2D eigenvalue weighted by Crippen LogP contribution is -2.52. The van der Waals surface area contributed by atoms with Gasteiger partial charge in [0, 0.05) is 5.56 Å². The van der Waals surface area contributed by atoms with Gasteiger partial charge < -0.3 is 20.1 Å². The standard InChI is InChI=1S/C28H31N3O6S/c1-16-13-17(2)27(18(3)14-16)38(34,35)31-22-10-8-7-9-20(22)30-28(33)23(31)15-25(32)29-21-11-12-24(36-5)19(4)26(21)37-6/h7-14,23H,15H2,1-6H3,(H,29,32)(H,30,33). The minimum absolute atomic E-state index is 0.116. The molecule has 200 valence electrons. The minimum atomic E-state index is -4.23. The van der Waals surface area contributed by atoms with E-state index in [1.807, 2.05) is 6.92 Å². The number of ether oxygens (including phenoxy) is 2. The monoisotopic (exact) mass is 537 g/mol. The van der Waals surface area contributed by atoms with Gasteiger partial charge in [0.2, 0.25) is 11.8 Å². The predicted molar refractivity (Wildman–Crippen MR) is 147 cm³/mol. The summed E-state index contributed by atoms with van der Waals surface area (Å²) in [4.78, 5) is 26.7. The number of anilines is 3. The summed E-state index contributed by atoms with van der Waals surface area (Å²) < 4.78 is 40.2. The molecule has 0 aliphatic carbocycles. The lowest BCUT2D eigenvalue weighted by atomic mass is 10.1. The molecule has 0 bridgehead atoms. The number of aryl methyl sites for hydroxylation is 3. The summed E-state index contributed by atoms with van der Waals surface area (Å²) in [5, 5.41) is 5.52. The Morgan fingerprint density at radius 1 is 1.00 bits per heavy atom. The molecular weight excluding hydrogens is 506 g/mol. The number of nitrogens with zero attached hydrogens (tertiary/aromatic N) is 1. The lowest BCUT2D eigenvalue weighted by Gasteiger charge is -2.37. The van der Waals surface area contributed by atoms with Crippen LogP contribution in [0.4, 0.5) is 17.1 Å². The molecule has 4 rings (SSSR count). The maximum Gasteiger partial charge on any atom is 0.265 e. The van der Waals surface area contributed by atoms with Gasteiger partial charge in [-0.2, -0.15) is 0 Å². The van der Waals surface area contributed by atoms with Crippen LogP contribution >= 0.6 is 0 Å². The fourth-order valence-corrected chi connectivity index (χ4v) is 7.09. The van der Waals surface area contributed by atoms with E-state index in [9.17, 15) is 18.0 Å². The van der Waals surface area contributed by atoms with Gasteiger partial charge in [0.05, 0.1) is 42.6 Å². The molecule has 10 heteroatoms. The van der Waals surface area contributed by atoms with E-state index in [1.165, 1.54) is 14.2 Å². The molecule has 0 fully saturated rings. The van der Waals surface area contributed by atoms with Crippen molar-refractivity contribution in [2.45, 2.75) is 45.1 Å². The molecule has 1 unspecified atom stereocenters. The highest BCUT2D eigenvalue weighted by atomic mass is 32.2. The van der Waals surface area contributed by atoms with Crippen molar-refractivity contribution in [2.24, 2.45) is 0 Å². The van der Waals surface area contributed by atoms with E-state index in [1.54, 1.807) is 69.3 Å².